The van der Waals surface area contributed by atoms with E-state index in [4.69, 9.17) is 14.2 Å². The molecule has 2 heterocycles. The average molecular weight is 493 g/mol. The summed E-state index contributed by atoms with van der Waals surface area (Å²) in [6, 6.07) is 16.4. The molecule has 1 aromatic heterocycles. The van der Waals surface area contributed by atoms with E-state index >= 15 is 0 Å². The average Bonchev–Trinajstić information content (AvgIpc) is 3.17. The molecule has 1 atom stereocenters. The molecule has 7 nitrogen and oxygen atoms in total. The molecule has 0 fully saturated rings. The Morgan fingerprint density at radius 2 is 1.83 bits per heavy atom. The summed E-state index contributed by atoms with van der Waals surface area (Å²) in [6.07, 6.45) is 2.67. The minimum Gasteiger partial charge on any atom is -0.493 e. The van der Waals surface area contributed by atoms with Gasteiger partial charge in [-0.15, -0.1) is 0 Å². The Morgan fingerprint density at radius 3 is 2.57 bits per heavy atom. The summed E-state index contributed by atoms with van der Waals surface area (Å²) in [6.45, 7) is 4.69. The van der Waals surface area contributed by atoms with Gasteiger partial charge in [0.05, 0.1) is 29.0 Å². The van der Waals surface area contributed by atoms with Crippen LogP contribution in [0.3, 0.4) is 0 Å². The number of hydrogen-bond acceptors (Lipinski definition) is 7. The predicted octanol–water partition coefficient (Wildman–Crippen LogP) is 3.21. The van der Waals surface area contributed by atoms with Crippen LogP contribution in [-0.2, 0) is 14.3 Å². The highest BCUT2D eigenvalue weighted by Gasteiger charge is 2.35. The molecular formula is C27H28N2O5S. The summed E-state index contributed by atoms with van der Waals surface area (Å²) in [5.74, 6) is 0.0878. The molecule has 35 heavy (non-hydrogen) atoms. The van der Waals surface area contributed by atoms with Gasteiger partial charge in [0, 0.05) is 12.7 Å². The number of carbonyl (C=O) groups is 1. The largest absolute Gasteiger partial charge is 0.493 e. The van der Waals surface area contributed by atoms with Crippen LogP contribution in [-0.4, -0.2) is 37.5 Å². The number of rotatable bonds is 9. The highest BCUT2D eigenvalue weighted by Crippen LogP contribution is 2.35. The number of methoxy groups -OCH3 is 1. The van der Waals surface area contributed by atoms with Gasteiger partial charge in [-0.2, -0.15) is 0 Å². The molecule has 0 N–H and O–H groups in total. The Kier molecular flexibility index (Phi) is 7.94. The van der Waals surface area contributed by atoms with E-state index in [1.165, 1.54) is 11.3 Å². The Balaban J connectivity index is 1.91. The standard InChI is InChI=1S/C27H28N2O5S/c1-4-14-33-21-13-9-8-12-20(21)24-23(26(31)34-16-15-32-3)18(2)28-27-29(24)25(30)22(35-27)17-19-10-6-5-7-11-19/h5-13,17,24H,4,14-16H2,1-3H3/b22-17+/t24-/m1/s1. The maximum Gasteiger partial charge on any atom is 0.338 e. The fraction of sp³-hybridized carbons (Fsp3) is 0.296. The third-order valence-corrected chi connectivity index (χ3v) is 6.52. The van der Waals surface area contributed by atoms with Gasteiger partial charge in [0.15, 0.2) is 4.80 Å². The topological polar surface area (TPSA) is 79.1 Å². The molecule has 0 spiro atoms. The lowest BCUT2D eigenvalue weighted by Gasteiger charge is -2.26. The van der Waals surface area contributed by atoms with Gasteiger partial charge in [-0.3, -0.25) is 9.36 Å². The lowest BCUT2D eigenvalue weighted by Crippen LogP contribution is -2.40. The SMILES string of the molecule is CCCOc1ccccc1[C@@H]1C(C(=O)OCCOC)=C(C)N=c2s/c(=C/c3ccccc3)c(=O)n21. The second-order valence-corrected chi connectivity index (χ2v) is 9.02. The van der Waals surface area contributed by atoms with E-state index < -0.39 is 12.0 Å². The van der Waals surface area contributed by atoms with Gasteiger partial charge in [-0.25, -0.2) is 9.79 Å². The van der Waals surface area contributed by atoms with Crippen LogP contribution in [0, 0.1) is 0 Å². The minimum absolute atomic E-state index is 0.102. The van der Waals surface area contributed by atoms with Crippen molar-refractivity contribution in [2.75, 3.05) is 26.9 Å². The smallest absolute Gasteiger partial charge is 0.338 e. The number of esters is 1. The highest BCUT2D eigenvalue weighted by molar-refractivity contribution is 7.07. The first-order valence-corrected chi connectivity index (χ1v) is 12.3. The molecule has 4 rings (SSSR count). The zero-order valence-electron chi connectivity index (χ0n) is 20.0. The molecule has 0 saturated heterocycles. The second-order valence-electron chi connectivity index (χ2n) is 8.01. The molecule has 1 aliphatic heterocycles. The molecule has 2 aromatic carbocycles. The van der Waals surface area contributed by atoms with E-state index in [1.54, 1.807) is 18.6 Å². The quantitative estimate of drug-likeness (QED) is 0.339. The van der Waals surface area contributed by atoms with Crippen LogP contribution >= 0.6 is 11.3 Å². The van der Waals surface area contributed by atoms with Crippen molar-refractivity contribution in [3.05, 3.63) is 96.7 Å². The van der Waals surface area contributed by atoms with E-state index in [1.807, 2.05) is 67.6 Å². The van der Waals surface area contributed by atoms with Gasteiger partial charge in [0.2, 0.25) is 0 Å². The number of allylic oxidation sites excluding steroid dienone is 1. The third kappa shape index (κ3) is 5.28. The lowest BCUT2D eigenvalue weighted by molar-refractivity contribution is -0.140. The van der Waals surface area contributed by atoms with Gasteiger partial charge < -0.3 is 14.2 Å². The summed E-state index contributed by atoms with van der Waals surface area (Å²) < 4.78 is 18.6. The van der Waals surface area contributed by atoms with Crippen LogP contribution < -0.4 is 19.6 Å². The normalized spacial score (nSPS) is 15.5. The van der Waals surface area contributed by atoms with E-state index in [-0.39, 0.29) is 18.8 Å². The number of fused-ring (bicyclic) bond motifs is 1. The Bertz CT molecular complexity index is 1410. The number of para-hydroxylation sites is 1. The minimum atomic E-state index is -0.729. The second kappa shape index (κ2) is 11.3. The van der Waals surface area contributed by atoms with Gasteiger partial charge in [-0.05, 0) is 31.1 Å². The van der Waals surface area contributed by atoms with Crippen molar-refractivity contribution >= 4 is 23.4 Å². The number of benzene rings is 2. The van der Waals surface area contributed by atoms with Gasteiger partial charge in [0.25, 0.3) is 5.56 Å². The Hall–Kier alpha value is -3.49. The summed E-state index contributed by atoms with van der Waals surface area (Å²) in [7, 11) is 1.54. The van der Waals surface area contributed by atoms with Crippen molar-refractivity contribution in [1.29, 1.82) is 0 Å². The van der Waals surface area contributed by atoms with Crippen LogP contribution in [0.2, 0.25) is 0 Å². The zero-order valence-corrected chi connectivity index (χ0v) is 20.8. The van der Waals surface area contributed by atoms with Crippen LogP contribution in [0.4, 0.5) is 0 Å². The monoisotopic (exact) mass is 492 g/mol. The molecule has 1 aliphatic rings. The fourth-order valence-electron chi connectivity index (χ4n) is 3.92. The van der Waals surface area contributed by atoms with Crippen molar-refractivity contribution in [3.8, 4) is 5.75 Å². The van der Waals surface area contributed by atoms with Crippen molar-refractivity contribution in [2.45, 2.75) is 26.3 Å². The first-order valence-electron chi connectivity index (χ1n) is 11.5. The number of nitrogens with zero attached hydrogens (tertiary/aromatic N) is 2. The molecule has 3 aromatic rings. The van der Waals surface area contributed by atoms with Crippen LogP contribution in [0.15, 0.2) is 75.7 Å². The van der Waals surface area contributed by atoms with Crippen molar-refractivity contribution < 1.29 is 19.0 Å². The maximum absolute atomic E-state index is 13.7. The molecule has 0 aliphatic carbocycles. The number of aromatic nitrogens is 1. The Labute approximate surface area is 207 Å². The number of carbonyl (C=O) groups excluding carboxylic acids is 1. The molecule has 0 bridgehead atoms. The molecule has 8 heteroatoms. The molecule has 0 amide bonds. The summed E-state index contributed by atoms with van der Waals surface area (Å²) >= 11 is 1.30. The van der Waals surface area contributed by atoms with E-state index in [9.17, 15) is 9.59 Å². The first-order chi connectivity index (χ1) is 17.0. The van der Waals surface area contributed by atoms with Gasteiger partial charge >= 0.3 is 5.97 Å². The van der Waals surface area contributed by atoms with Crippen molar-refractivity contribution in [1.82, 2.24) is 4.57 Å². The Morgan fingerprint density at radius 1 is 1.09 bits per heavy atom. The summed E-state index contributed by atoms with van der Waals surface area (Å²) in [5.41, 5.74) is 2.22. The predicted molar refractivity (Wildman–Crippen MR) is 135 cm³/mol. The fourth-order valence-corrected chi connectivity index (χ4v) is 4.97. The third-order valence-electron chi connectivity index (χ3n) is 5.53. The number of hydrogen-bond donors (Lipinski definition) is 0. The van der Waals surface area contributed by atoms with E-state index in [2.05, 4.69) is 4.99 Å². The van der Waals surface area contributed by atoms with Crippen LogP contribution in [0.5, 0.6) is 5.75 Å². The molecular weight excluding hydrogens is 464 g/mol. The lowest BCUT2D eigenvalue weighted by atomic mass is 9.95. The first kappa shape index (κ1) is 24.6. The van der Waals surface area contributed by atoms with E-state index in [0.29, 0.717) is 38.5 Å². The summed E-state index contributed by atoms with van der Waals surface area (Å²) in [5, 5.41) is 0. The summed E-state index contributed by atoms with van der Waals surface area (Å²) in [4.78, 5) is 32.1. The van der Waals surface area contributed by atoms with Crippen molar-refractivity contribution in [3.63, 3.8) is 0 Å². The van der Waals surface area contributed by atoms with Gasteiger partial charge in [0.1, 0.15) is 18.4 Å². The maximum atomic E-state index is 13.7. The van der Waals surface area contributed by atoms with Crippen LogP contribution in [0.25, 0.3) is 6.08 Å². The molecule has 182 valence electrons. The van der Waals surface area contributed by atoms with Crippen LogP contribution in [0.1, 0.15) is 37.4 Å². The molecule has 0 saturated carbocycles. The van der Waals surface area contributed by atoms with Crippen molar-refractivity contribution in [2.24, 2.45) is 4.99 Å². The number of thiazole rings is 1. The number of ether oxygens (including phenoxy) is 3. The van der Waals surface area contributed by atoms with E-state index in [0.717, 1.165) is 12.0 Å². The molecule has 0 radical (unpaired) electrons. The highest BCUT2D eigenvalue weighted by atomic mass is 32.1. The van der Waals surface area contributed by atoms with Gasteiger partial charge in [-0.1, -0.05) is 66.8 Å². The molecule has 0 unspecified atom stereocenters. The zero-order chi connectivity index (χ0) is 24.8.